The minimum Gasteiger partial charge on any atom is -0.492 e. The molecular weight excluding hydrogens is 336 g/mol. The molecule has 25 heavy (non-hydrogen) atoms. The topological polar surface area (TPSA) is 64.1 Å². The van der Waals surface area contributed by atoms with Gasteiger partial charge in [-0.05, 0) is 6.92 Å². The Bertz CT molecular complexity index is 865. The van der Waals surface area contributed by atoms with E-state index in [4.69, 9.17) is 4.74 Å². The van der Waals surface area contributed by atoms with E-state index in [9.17, 15) is 5.11 Å². The van der Waals surface area contributed by atoms with Gasteiger partial charge in [-0.15, -0.1) is 5.10 Å². The molecule has 3 aromatic rings. The molecule has 1 fully saturated rings. The number of nitrogens with one attached hydrogen (secondary N) is 1. The molecule has 0 radical (unpaired) electrons. The monoisotopic (exact) mass is 359 g/mol. The maximum Gasteiger partial charge on any atom is 0.235 e. The second-order valence-electron chi connectivity index (χ2n) is 6.48. The average Bonchev–Trinajstić information content (AvgIpc) is 3.18. The van der Waals surface area contributed by atoms with Crippen molar-refractivity contribution in [1.29, 1.82) is 0 Å². The largest absolute Gasteiger partial charge is 0.492 e. The molecule has 0 unspecified atom stereocenters. The van der Waals surface area contributed by atoms with E-state index in [1.807, 2.05) is 6.92 Å². The van der Waals surface area contributed by atoms with Crippen LogP contribution in [-0.4, -0.2) is 46.0 Å². The lowest BCUT2D eigenvalue weighted by Gasteiger charge is -2.31. The molecular formula is C18H23N4O2S+. The van der Waals surface area contributed by atoms with Crippen molar-refractivity contribution >= 4 is 16.3 Å². The lowest BCUT2D eigenvalue weighted by molar-refractivity contribution is -0.932. The highest BCUT2D eigenvalue weighted by molar-refractivity contribution is 7.17. The van der Waals surface area contributed by atoms with Gasteiger partial charge in [0.25, 0.3) is 0 Å². The first kappa shape index (κ1) is 16.5. The van der Waals surface area contributed by atoms with Crippen LogP contribution in [0.15, 0.2) is 24.3 Å². The summed E-state index contributed by atoms with van der Waals surface area (Å²) in [6.45, 7) is 7.45. The standard InChI is InChI=1S/C18H22N4O2S/c1-3-14-19-18-22(20-14)17(23)16(25-18)15(21-8-10-24-11-9-21)13-6-4-12(2)5-7-13/h4-7,15,23H,3,8-11H2,1-2H3/p+1/t15-/m1/s1. The van der Waals surface area contributed by atoms with E-state index in [0.717, 1.165) is 48.4 Å². The molecule has 0 spiro atoms. The predicted octanol–water partition coefficient (Wildman–Crippen LogP) is 1.37. The second kappa shape index (κ2) is 6.74. The summed E-state index contributed by atoms with van der Waals surface area (Å²) in [4.78, 5) is 7.62. The van der Waals surface area contributed by atoms with E-state index in [0.29, 0.717) is 0 Å². The molecule has 7 heteroatoms. The number of hydrogen-bond acceptors (Lipinski definition) is 5. The smallest absolute Gasteiger partial charge is 0.235 e. The van der Waals surface area contributed by atoms with Crippen LogP contribution in [0, 0.1) is 6.92 Å². The highest BCUT2D eigenvalue weighted by Crippen LogP contribution is 2.35. The van der Waals surface area contributed by atoms with Crippen molar-refractivity contribution in [2.24, 2.45) is 0 Å². The first-order valence-corrected chi connectivity index (χ1v) is 9.55. The third-order valence-corrected chi connectivity index (χ3v) is 5.86. The van der Waals surface area contributed by atoms with E-state index < -0.39 is 0 Å². The lowest BCUT2D eigenvalue weighted by Crippen LogP contribution is -3.14. The second-order valence-corrected chi connectivity index (χ2v) is 7.49. The van der Waals surface area contributed by atoms with E-state index in [1.54, 1.807) is 4.52 Å². The minimum atomic E-state index is 0.0723. The number of benzene rings is 1. The van der Waals surface area contributed by atoms with Crippen LogP contribution >= 0.6 is 11.3 Å². The van der Waals surface area contributed by atoms with Gasteiger partial charge in [0, 0.05) is 12.0 Å². The zero-order valence-electron chi connectivity index (χ0n) is 14.5. The molecule has 2 aromatic heterocycles. The van der Waals surface area contributed by atoms with E-state index in [1.165, 1.54) is 27.4 Å². The molecule has 0 aliphatic carbocycles. The normalized spacial score (nSPS) is 17.2. The fourth-order valence-electron chi connectivity index (χ4n) is 3.38. The Hall–Kier alpha value is -1.96. The van der Waals surface area contributed by atoms with Gasteiger partial charge in [0.1, 0.15) is 18.0 Å². The van der Waals surface area contributed by atoms with Crippen molar-refractivity contribution in [2.75, 3.05) is 26.3 Å². The highest BCUT2D eigenvalue weighted by Gasteiger charge is 2.33. The van der Waals surface area contributed by atoms with E-state index in [2.05, 4.69) is 41.3 Å². The van der Waals surface area contributed by atoms with Crippen molar-refractivity contribution < 1.29 is 14.7 Å². The molecule has 1 atom stereocenters. The number of rotatable bonds is 4. The summed E-state index contributed by atoms with van der Waals surface area (Å²) in [6.07, 6.45) is 0.763. The first-order valence-electron chi connectivity index (χ1n) is 8.73. The molecule has 6 nitrogen and oxygen atoms in total. The fraction of sp³-hybridized carbons (Fsp3) is 0.444. The Morgan fingerprint density at radius 1 is 1.28 bits per heavy atom. The van der Waals surface area contributed by atoms with Crippen LogP contribution in [0.5, 0.6) is 5.88 Å². The Balaban J connectivity index is 1.80. The number of aromatic nitrogens is 3. The molecule has 1 aliphatic heterocycles. The van der Waals surface area contributed by atoms with Crippen molar-refractivity contribution in [3.8, 4) is 5.88 Å². The van der Waals surface area contributed by atoms with Crippen LogP contribution in [0.3, 0.4) is 0 Å². The summed E-state index contributed by atoms with van der Waals surface area (Å²) in [6, 6.07) is 8.66. The van der Waals surface area contributed by atoms with Crippen molar-refractivity contribution in [3.05, 3.63) is 46.1 Å². The van der Waals surface area contributed by atoms with Crippen LogP contribution < -0.4 is 4.90 Å². The van der Waals surface area contributed by atoms with Crippen molar-refractivity contribution in [1.82, 2.24) is 14.6 Å². The Labute approximate surface area is 150 Å². The van der Waals surface area contributed by atoms with Gasteiger partial charge in [-0.3, -0.25) is 0 Å². The number of hydrogen-bond donors (Lipinski definition) is 2. The molecule has 0 amide bonds. The molecule has 0 bridgehead atoms. The average molecular weight is 359 g/mol. The molecule has 1 aromatic carbocycles. The highest BCUT2D eigenvalue weighted by atomic mass is 32.1. The number of quaternary nitrogens is 1. The predicted molar refractivity (Wildman–Crippen MR) is 96.4 cm³/mol. The van der Waals surface area contributed by atoms with E-state index in [-0.39, 0.29) is 11.9 Å². The Morgan fingerprint density at radius 2 is 2.00 bits per heavy atom. The maximum absolute atomic E-state index is 10.8. The third-order valence-electron chi connectivity index (χ3n) is 4.78. The van der Waals surface area contributed by atoms with Crippen LogP contribution in [0.2, 0.25) is 0 Å². The zero-order chi connectivity index (χ0) is 17.4. The van der Waals surface area contributed by atoms with Crippen LogP contribution in [0.4, 0.5) is 0 Å². The number of aromatic hydroxyl groups is 1. The molecule has 1 saturated heterocycles. The summed E-state index contributed by atoms with van der Waals surface area (Å²) >= 11 is 1.54. The molecule has 4 rings (SSSR count). The number of aryl methyl sites for hydroxylation is 2. The number of fused-ring (bicyclic) bond motifs is 1. The number of nitrogens with zero attached hydrogens (tertiary/aromatic N) is 3. The van der Waals surface area contributed by atoms with Gasteiger partial charge in [-0.25, -0.2) is 4.98 Å². The number of ether oxygens (including phenoxy) is 1. The van der Waals surface area contributed by atoms with Crippen molar-refractivity contribution in [2.45, 2.75) is 26.3 Å². The molecule has 1 aliphatic rings. The fourth-order valence-corrected chi connectivity index (χ4v) is 4.54. The zero-order valence-corrected chi connectivity index (χ0v) is 15.3. The third kappa shape index (κ3) is 3.03. The van der Waals surface area contributed by atoms with E-state index >= 15 is 0 Å². The number of morpholine rings is 1. The Kier molecular flexibility index (Phi) is 4.45. The van der Waals surface area contributed by atoms with Crippen LogP contribution in [0.25, 0.3) is 4.96 Å². The van der Waals surface area contributed by atoms with Gasteiger partial charge in [0.2, 0.25) is 10.8 Å². The van der Waals surface area contributed by atoms with Crippen molar-refractivity contribution in [3.63, 3.8) is 0 Å². The Morgan fingerprint density at radius 3 is 2.64 bits per heavy atom. The van der Waals surface area contributed by atoms with Gasteiger partial charge in [-0.1, -0.05) is 48.1 Å². The molecule has 132 valence electrons. The summed E-state index contributed by atoms with van der Waals surface area (Å²) in [7, 11) is 0. The van der Waals surface area contributed by atoms with Gasteiger partial charge in [-0.2, -0.15) is 4.52 Å². The van der Waals surface area contributed by atoms with Gasteiger partial charge < -0.3 is 14.7 Å². The molecule has 3 heterocycles. The number of thiazole rings is 1. The summed E-state index contributed by atoms with van der Waals surface area (Å²) < 4.78 is 7.12. The summed E-state index contributed by atoms with van der Waals surface area (Å²) in [5.74, 6) is 0.982. The van der Waals surface area contributed by atoms with Gasteiger partial charge >= 0.3 is 0 Å². The SMILES string of the molecule is CCc1nc2sc([C@@H](c3ccc(C)cc3)[NH+]3CCOCC3)c(O)n2n1. The van der Waals surface area contributed by atoms with Crippen LogP contribution in [-0.2, 0) is 11.2 Å². The van der Waals surface area contributed by atoms with Crippen LogP contribution in [0.1, 0.15) is 34.8 Å². The first-order chi connectivity index (χ1) is 12.2. The lowest BCUT2D eigenvalue weighted by atomic mass is 10.0. The van der Waals surface area contributed by atoms with Gasteiger partial charge in [0.15, 0.2) is 11.9 Å². The molecule has 0 saturated carbocycles. The summed E-state index contributed by atoms with van der Waals surface area (Å²) in [5, 5.41) is 15.3. The quantitative estimate of drug-likeness (QED) is 0.739. The maximum atomic E-state index is 10.8. The van der Waals surface area contributed by atoms with Gasteiger partial charge in [0.05, 0.1) is 13.2 Å². The summed E-state index contributed by atoms with van der Waals surface area (Å²) in [5.41, 5.74) is 2.44. The molecule has 2 N–H and O–H groups in total. The minimum absolute atomic E-state index is 0.0723.